The van der Waals surface area contributed by atoms with Gasteiger partial charge in [-0.15, -0.1) is 0 Å². The van der Waals surface area contributed by atoms with Crippen LogP contribution in [0.4, 0.5) is 8.78 Å². The molecular weight excluding hydrogens is 378 g/mol. The van der Waals surface area contributed by atoms with Crippen molar-refractivity contribution in [3.05, 3.63) is 65.2 Å². The fraction of sp³-hybridized carbons (Fsp3) is 0.364. The van der Waals surface area contributed by atoms with Gasteiger partial charge in [0.25, 0.3) is 5.91 Å². The molecule has 0 aromatic heterocycles. The maximum Gasteiger partial charge on any atom is 0.255 e. The summed E-state index contributed by atoms with van der Waals surface area (Å²) in [5.74, 6) is -0.935. The van der Waals surface area contributed by atoms with E-state index in [4.69, 9.17) is 4.74 Å². The van der Waals surface area contributed by atoms with Crippen molar-refractivity contribution in [3.8, 4) is 5.75 Å². The van der Waals surface area contributed by atoms with Gasteiger partial charge in [-0.1, -0.05) is 0 Å². The summed E-state index contributed by atoms with van der Waals surface area (Å²) in [6.45, 7) is 2.61. The van der Waals surface area contributed by atoms with Crippen LogP contribution < -0.4 is 10.1 Å². The van der Waals surface area contributed by atoms with Crippen LogP contribution in [0.1, 0.15) is 33.6 Å². The largest absolute Gasteiger partial charge is 0.496 e. The minimum atomic E-state index is -0.462. The lowest BCUT2D eigenvalue weighted by Gasteiger charge is -2.31. The molecule has 3 rings (SSSR count). The van der Waals surface area contributed by atoms with E-state index in [0.29, 0.717) is 18.7 Å². The molecule has 0 unspecified atom stereocenters. The number of methoxy groups -OCH3 is 1. The maximum atomic E-state index is 13.2. The van der Waals surface area contributed by atoms with Crippen LogP contribution in [0.15, 0.2) is 42.5 Å². The van der Waals surface area contributed by atoms with E-state index in [1.807, 2.05) is 0 Å². The molecule has 0 radical (unpaired) electrons. The first-order valence-electron chi connectivity index (χ1n) is 9.62. The number of Topliss-reactive ketones (excluding diaryl/α,β-unsaturated/α-hetero) is 1. The molecule has 1 aliphatic heterocycles. The number of amides is 1. The van der Waals surface area contributed by atoms with E-state index in [9.17, 15) is 18.4 Å². The molecule has 0 spiro atoms. The Kier molecular flexibility index (Phi) is 6.93. The van der Waals surface area contributed by atoms with Gasteiger partial charge in [-0.25, -0.2) is 8.78 Å². The molecule has 154 valence electrons. The normalized spacial score (nSPS) is 15.1. The highest BCUT2D eigenvalue weighted by atomic mass is 19.1. The van der Waals surface area contributed by atoms with Gasteiger partial charge in [0.05, 0.1) is 12.7 Å². The van der Waals surface area contributed by atoms with Crippen molar-refractivity contribution in [3.63, 3.8) is 0 Å². The molecule has 2 aromatic rings. The zero-order valence-corrected chi connectivity index (χ0v) is 16.3. The molecule has 1 fully saturated rings. The number of likely N-dealkylation sites (tertiary alicyclic amines) is 1. The van der Waals surface area contributed by atoms with E-state index in [0.717, 1.165) is 25.9 Å². The highest BCUT2D eigenvalue weighted by Crippen LogP contribution is 2.22. The monoisotopic (exact) mass is 402 g/mol. The third kappa shape index (κ3) is 5.38. The number of carbonyl (C=O) groups excluding carboxylic acids is 2. The summed E-state index contributed by atoms with van der Waals surface area (Å²) < 4.78 is 31.3. The fourth-order valence-electron chi connectivity index (χ4n) is 3.54. The number of piperidine rings is 1. The lowest BCUT2D eigenvalue weighted by molar-refractivity contribution is 0.0839. The van der Waals surface area contributed by atoms with Crippen LogP contribution in [0.2, 0.25) is 0 Å². The highest BCUT2D eigenvalue weighted by Gasteiger charge is 2.25. The van der Waals surface area contributed by atoms with Crippen LogP contribution in [0.5, 0.6) is 5.75 Å². The van der Waals surface area contributed by atoms with Crippen LogP contribution in [-0.2, 0) is 0 Å². The Hall–Kier alpha value is -2.80. The summed E-state index contributed by atoms with van der Waals surface area (Å²) in [6, 6.07) is 9.48. The van der Waals surface area contributed by atoms with Crippen molar-refractivity contribution in [2.75, 3.05) is 33.3 Å². The Morgan fingerprint density at radius 1 is 1.07 bits per heavy atom. The first-order valence-corrected chi connectivity index (χ1v) is 9.62. The molecule has 0 saturated carbocycles. The summed E-state index contributed by atoms with van der Waals surface area (Å²) in [7, 11) is 1.39. The number of ether oxygens (including phenoxy) is 1. The molecule has 0 aliphatic carbocycles. The molecule has 5 nitrogen and oxygen atoms in total. The summed E-state index contributed by atoms with van der Waals surface area (Å²) in [6.07, 6.45) is 1.46. The van der Waals surface area contributed by atoms with E-state index in [1.165, 1.54) is 49.6 Å². The topological polar surface area (TPSA) is 58.6 Å². The summed E-state index contributed by atoms with van der Waals surface area (Å²) in [4.78, 5) is 27.0. The third-order valence-corrected chi connectivity index (χ3v) is 5.21. The lowest BCUT2D eigenvalue weighted by Crippen LogP contribution is -2.41. The molecule has 1 heterocycles. The van der Waals surface area contributed by atoms with Crippen LogP contribution in [0.3, 0.4) is 0 Å². The number of ketones is 1. The smallest absolute Gasteiger partial charge is 0.255 e. The molecule has 29 heavy (non-hydrogen) atoms. The molecule has 0 bridgehead atoms. The number of nitrogens with zero attached hydrogens (tertiary/aromatic N) is 1. The van der Waals surface area contributed by atoms with Crippen molar-refractivity contribution in [2.45, 2.75) is 12.8 Å². The van der Waals surface area contributed by atoms with Crippen LogP contribution >= 0.6 is 0 Å². The summed E-state index contributed by atoms with van der Waals surface area (Å²) in [5, 5.41) is 2.82. The van der Waals surface area contributed by atoms with Gasteiger partial charge in [0.2, 0.25) is 0 Å². The Morgan fingerprint density at radius 3 is 2.38 bits per heavy atom. The quantitative estimate of drug-likeness (QED) is 0.722. The molecule has 7 heteroatoms. The summed E-state index contributed by atoms with van der Waals surface area (Å²) in [5.41, 5.74) is 0.836. The van der Waals surface area contributed by atoms with Gasteiger partial charge >= 0.3 is 0 Å². The fourth-order valence-corrected chi connectivity index (χ4v) is 3.54. The number of nitrogens with one attached hydrogen (secondary N) is 1. The number of benzene rings is 2. The minimum absolute atomic E-state index is 0.0568. The van der Waals surface area contributed by atoms with Gasteiger partial charge in [0.1, 0.15) is 17.4 Å². The molecule has 1 aliphatic rings. The molecule has 0 atom stereocenters. The van der Waals surface area contributed by atoms with Gasteiger partial charge in [0.15, 0.2) is 5.78 Å². The Morgan fingerprint density at radius 2 is 1.72 bits per heavy atom. The predicted octanol–water partition coefficient (Wildman–Crippen LogP) is 3.30. The third-order valence-electron chi connectivity index (χ3n) is 5.21. The minimum Gasteiger partial charge on any atom is -0.496 e. The van der Waals surface area contributed by atoms with Gasteiger partial charge in [0, 0.05) is 30.6 Å². The van der Waals surface area contributed by atoms with Crippen molar-refractivity contribution >= 4 is 11.7 Å². The average molecular weight is 402 g/mol. The van der Waals surface area contributed by atoms with E-state index >= 15 is 0 Å². The Labute approximate surface area is 168 Å². The van der Waals surface area contributed by atoms with E-state index in [1.54, 1.807) is 0 Å². The van der Waals surface area contributed by atoms with E-state index in [2.05, 4.69) is 10.2 Å². The van der Waals surface area contributed by atoms with E-state index < -0.39 is 5.82 Å². The van der Waals surface area contributed by atoms with Gasteiger partial charge in [-0.05, 0) is 62.3 Å². The Bertz CT molecular complexity index is 863. The zero-order chi connectivity index (χ0) is 20.8. The number of hydrogen-bond acceptors (Lipinski definition) is 4. The van der Waals surface area contributed by atoms with E-state index in [-0.39, 0.29) is 34.7 Å². The van der Waals surface area contributed by atoms with Crippen LogP contribution in [-0.4, -0.2) is 49.9 Å². The second-order valence-electron chi connectivity index (χ2n) is 7.09. The molecule has 1 amide bonds. The van der Waals surface area contributed by atoms with Crippen LogP contribution in [0, 0.1) is 17.6 Å². The number of hydrogen-bond donors (Lipinski definition) is 1. The Balaban J connectivity index is 1.44. The lowest BCUT2D eigenvalue weighted by atomic mass is 9.89. The van der Waals surface area contributed by atoms with Gasteiger partial charge in [-0.2, -0.15) is 0 Å². The first-order chi connectivity index (χ1) is 14.0. The van der Waals surface area contributed by atoms with Crippen molar-refractivity contribution in [2.24, 2.45) is 5.92 Å². The van der Waals surface area contributed by atoms with Crippen LogP contribution in [0.25, 0.3) is 0 Å². The number of carbonyl (C=O) groups is 2. The maximum absolute atomic E-state index is 13.2. The highest BCUT2D eigenvalue weighted by molar-refractivity contribution is 5.98. The zero-order valence-electron chi connectivity index (χ0n) is 16.3. The predicted molar refractivity (Wildman–Crippen MR) is 105 cm³/mol. The van der Waals surface area contributed by atoms with Crippen molar-refractivity contribution in [1.29, 1.82) is 0 Å². The standard InChI is InChI=1S/C22H24F2N2O3/c1-29-20-14-18(24)6-7-19(20)22(28)25-10-13-26-11-8-16(9-12-26)21(27)15-2-4-17(23)5-3-15/h2-7,14,16H,8-13H2,1H3,(H,25,28). The summed E-state index contributed by atoms with van der Waals surface area (Å²) >= 11 is 0. The molecule has 1 saturated heterocycles. The molecular formula is C22H24F2N2O3. The van der Waals surface area contributed by atoms with Crippen molar-refractivity contribution < 1.29 is 23.1 Å². The molecule has 1 N–H and O–H groups in total. The number of halogens is 2. The number of rotatable bonds is 7. The first kappa shape index (κ1) is 20.9. The van der Waals surface area contributed by atoms with Gasteiger partial charge in [-0.3, -0.25) is 9.59 Å². The average Bonchev–Trinajstić information content (AvgIpc) is 2.74. The second-order valence-corrected chi connectivity index (χ2v) is 7.09. The van der Waals surface area contributed by atoms with Crippen molar-refractivity contribution in [1.82, 2.24) is 10.2 Å². The van der Waals surface area contributed by atoms with Gasteiger partial charge < -0.3 is 15.0 Å². The SMILES string of the molecule is COc1cc(F)ccc1C(=O)NCCN1CCC(C(=O)c2ccc(F)cc2)CC1. The second kappa shape index (κ2) is 9.60. The molecule has 2 aromatic carbocycles.